The average Bonchev–Trinajstić information content (AvgIpc) is 2.75. The first-order valence-corrected chi connectivity index (χ1v) is 10.4. The van der Waals surface area contributed by atoms with Gasteiger partial charge in [-0.2, -0.15) is 10.2 Å². The standard InChI is InChI=1S/C22H18Cl2N4O3/c1-2-7-28-22(30)17-6-4-3-5-16(17)19(27-28)21(29)26-25-11-13-8-14-9-15(23)10-18(24)20(14)31-12-13/h3-6,8-11H,2,7,12H2,1H3,(H,26,29)/b25-11+. The fraction of sp³-hybridized carbons (Fsp3) is 0.182. The molecule has 0 atom stereocenters. The first-order chi connectivity index (χ1) is 15.0. The van der Waals surface area contributed by atoms with Gasteiger partial charge in [-0.3, -0.25) is 9.59 Å². The molecule has 1 N–H and O–H groups in total. The number of aromatic nitrogens is 2. The summed E-state index contributed by atoms with van der Waals surface area (Å²) in [6.45, 7) is 2.60. The molecule has 1 aromatic heterocycles. The van der Waals surface area contributed by atoms with Crippen molar-refractivity contribution >= 4 is 52.2 Å². The Kier molecular flexibility index (Phi) is 6.06. The highest BCUT2D eigenvalue weighted by Crippen LogP contribution is 2.36. The van der Waals surface area contributed by atoms with Crippen molar-refractivity contribution in [1.29, 1.82) is 0 Å². The number of benzene rings is 2. The van der Waals surface area contributed by atoms with Gasteiger partial charge in [0.2, 0.25) is 0 Å². The lowest BCUT2D eigenvalue weighted by Gasteiger charge is -2.17. The molecule has 0 unspecified atom stereocenters. The normalized spacial score (nSPS) is 13.1. The molecule has 1 amide bonds. The molecule has 2 aromatic carbocycles. The Balaban J connectivity index is 1.59. The molecule has 0 spiro atoms. The molecule has 0 fully saturated rings. The number of hydrogen-bond donors (Lipinski definition) is 1. The zero-order valence-corrected chi connectivity index (χ0v) is 18.1. The fourth-order valence-corrected chi connectivity index (χ4v) is 3.87. The molecular formula is C22H18Cl2N4O3. The van der Waals surface area contributed by atoms with Crippen LogP contribution >= 0.6 is 23.2 Å². The van der Waals surface area contributed by atoms with Crippen LogP contribution < -0.4 is 15.7 Å². The summed E-state index contributed by atoms with van der Waals surface area (Å²) < 4.78 is 6.97. The molecule has 4 rings (SSSR count). The van der Waals surface area contributed by atoms with Crippen LogP contribution in [-0.4, -0.2) is 28.5 Å². The van der Waals surface area contributed by atoms with Crippen LogP contribution in [0.4, 0.5) is 0 Å². The molecule has 3 aromatic rings. The summed E-state index contributed by atoms with van der Waals surface area (Å²) in [5.41, 5.74) is 3.85. The van der Waals surface area contributed by atoms with Crippen molar-refractivity contribution in [3.05, 3.63) is 73.6 Å². The lowest BCUT2D eigenvalue weighted by Crippen LogP contribution is -2.29. The Hall–Kier alpha value is -3.16. The number of carbonyl (C=O) groups is 1. The summed E-state index contributed by atoms with van der Waals surface area (Å²) in [5.74, 6) is 0.0437. The van der Waals surface area contributed by atoms with Gasteiger partial charge in [0, 0.05) is 28.1 Å². The Bertz CT molecular complexity index is 1300. The van der Waals surface area contributed by atoms with Gasteiger partial charge in [0.25, 0.3) is 11.5 Å². The number of halogens is 2. The van der Waals surface area contributed by atoms with E-state index in [-0.39, 0.29) is 17.9 Å². The summed E-state index contributed by atoms with van der Waals surface area (Å²) in [6.07, 6.45) is 4.04. The van der Waals surface area contributed by atoms with Crippen LogP contribution in [0.15, 0.2) is 51.9 Å². The lowest BCUT2D eigenvalue weighted by molar-refractivity contribution is 0.0949. The van der Waals surface area contributed by atoms with E-state index in [4.69, 9.17) is 27.9 Å². The summed E-state index contributed by atoms with van der Waals surface area (Å²) in [6, 6.07) is 10.2. The van der Waals surface area contributed by atoms with E-state index in [9.17, 15) is 9.59 Å². The number of fused-ring (bicyclic) bond motifs is 2. The second kappa shape index (κ2) is 8.91. The highest BCUT2D eigenvalue weighted by atomic mass is 35.5. The monoisotopic (exact) mass is 456 g/mol. The van der Waals surface area contributed by atoms with Crippen molar-refractivity contribution in [2.75, 3.05) is 6.61 Å². The quantitative estimate of drug-likeness (QED) is 0.457. The number of ether oxygens (including phenoxy) is 1. The first kappa shape index (κ1) is 21.1. The molecule has 9 heteroatoms. The smallest absolute Gasteiger partial charge is 0.292 e. The molecule has 7 nitrogen and oxygen atoms in total. The van der Waals surface area contributed by atoms with Crippen LogP contribution in [0.25, 0.3) is 16.8 Å². The van der Waals surface area contributed by atoms with Crippen molar-refractivity contribution in [2.45, 2.75) is 19.9 Å². The molecule has 31 heavy (non-hydrogen) atoms. The van der Waals surface area contributed by atoms with E-state index in [2.05, 4.69) is 15.6 Å². The maximum atomic E-state index is 12.8. The number of carbonyl (C=O) groups excluding carboxylic acids is 1. The van der Waals surface area contributed by atoms with Crippen molar-refractivity contribution in [3.8, 4) is 5.75 Å². The molecule has 2 heterocycles. The van der Waals surface area contributed by atoms with Gasteiger partial charge in [-0.15, -0.1) is 0 Å². The molecule has 0 aliphatic carbocycles. The summed E-state index contributed by atoms with van der Waals surface area (Å²) in [5, 5.41) is 10.1. The Morgan fingerprint density at radius 2 is 2.06 bits per heavy atom. The number of amides is 1. The molecule has 0 radical (unpaired) electrons. The average molecular weight is 457 g/mol. The van der Waals surface area contributed by atoms with Gasteiger partial charge in [-0.05, 0) is 30.7 Å². The minimum atomic E-state index is -0.513. The zero-order chi connectivity index (χ0) is 22.0. The van der Waals surface area contributed by atoms with E-state index in [0.717, 1.165) is 11.1 Å². The van der Waals surface area contributed by atoms with E-state index in [1.54, 1.807) is 36.4 Å². The first-order valence-electron chi connectivity index (χ1n) is 9.63. The van der Waals surface area contributed by atoms with E-state index in [1.807, 2.05) is 13.0 Å². The number of aryl methyl sites for hydroxylation is 1. The van der Waals surface area contributed by atoms with Gasteiger partial charge in [0.05, 0.1) is 16.6 Å². The van der Waals surface area contributed by atoms with E-state index < -0.39 is 5.91 Å². The van der Waals surface area contributed by atoms with E-state index in [0.29, 0.717) is 39.5 Å². The van der Waals surface area contributed by atoms with Crippen LogP contribution in [0.1, 0.15) is 29.4 Å². The molecule has 0 bridgehead atoms. The van der Waals surface area contributed by atoms with Crippen LogP contribution in [-0.2, 0) is 6.54 Å². The third-order valence-corrected chi connectivity index (χ3v) is 5.17. The largest absolute Gasteiger partial charge is 0.487 e. The Morgan fingerprint density at radius 1 is 1.29 bits per heavy atom. The SMILES string of the molecule is CCCn1nc(C(=O)N/N=C/C2=Cc3cc(Cl)cc(Cl)c3OC2)c2ccccc2c1=O. The second-order valence-electron chi connectivity index (χ2n) is 6.94. The van der Waals surface area contributed by atoms with Crippen LogP contribution in [0.2, 0.25) is 10.0 Å². The maximum Gasteiger partial charge on any atom is 0.292 e. The predicted molar refractivity (Wildman–Crippen MR) is 122 cm³/mol. The Morgan fingerprint density at radius 3 is 2.84 bits per heavy atom. The molecule has 0 saturated heterocycles. The maximum absolute atomic E-state index is 12.8. The van der Waals surface area contributed by atoms with Crippen LogP contribution in [0.5, 0.6) is 5.75 Å². The van der Waals surface area contributed by atoms with E-state index in [1.165, 1.54) is 10.9 Å². The van der Waals surface area contributed by atoms with Gasteiger partial charge < -0.3 is 4.74 Å². The molecular weight excluding hydrogens is 439 g/mol. The third kappa shape index (κ3) is 4.33. The number of hydrazone groups is 1. The van der Waals surface area contributed by atoms with Crippen molar-refractivity contribution in [1.82, 2.24) is 15.2 Å². The number of nitrogens with zero attached hydrogens (tertiary/aromatic N) is 3. The molecule has 1 aliphatic rings. The van der Waals surface area contributed by atoms with Crippen LogP contribution in [0.3, 0.4) is 0 Å². The summed E-state index contributed by atoms with van der Waals surface area (Å²) in [4.78, 5) is 25.3. The lowest BCUT2D eigenvalue weighted by atomic mass is 10.1. The highest BCUT2D eigenvalue weighted by Gasteiger charge is 2.17. The minimum Gasteiger partial charge on any atom is -0.487 e. The summed E-state index contributed by atoms with van der Waals surface area (Å²) in [7, 11) is 0. The molecule has 0 saturated carbocycles. The van der Waals surface area contributed by atoms with Gasteiger partial charge >= 0.3 is 0 Å². The number of rotatable bonds is 5. The molecule has 158 valence electrons. The predicted octanol–water partition coefficient (Wildman–Crippen LogP) is 4.30. The van der Waals surface area contributed by atoms with Gasteiger partial charge in [0.15, 0.2) is 5.69 Å². The number of nitrogens with one attached hydrogen (secondary N) is 1. The van der Waals surface area contributed by atoms with Crippen molar-refractivity contribution in [2.24, 2.45) is 5.10 Å². The zero-order valence-electron chi connectivity index (χ0n) is 16.6. The van der Waals surface area contributed by atoms with Crippen molar-refractivity contribution < 1.29 is 9.53 Å². The van der Waals surface area contributed by atoms with Crippen molar-refractivity contribution in [3.63, 3.8) is 0 Å². The summed E-state index contributed by atoms with van der Waals surface area (Å²) >= 11 is 12.2. The second-order valence-corrected chi connectivity index (χ2v) is 7.78. The van der Waals surface area contributed by atoms with Gasteiger partial charge in [0.1, 0.15) is 12.4 Å². The number of hydrogen-bond acceptors (Lipinski definition) is 5. The van der Waals surface area contributed by atoms with E-state index >= 15 is 0 Å². The highest BCUT2D eigenvalue weighted by molar-refractivity contribution is 6.36. The van der Waals surface area contributed by atoms with Gasteiger partial charge in [-0.25, -0.2) is 10.1 Å². The van der Waals surface area contributed by atoms with Crippen LogP contribution in [0, 0.1) is 0 Å². The van der Waals surface area contributed by atoms with Gasteiger partial charge in [-0.1, -0.05) is 48.3 Å². The Labute approximate surface area is 187 Å². The fourth-order valence-electron chi connectivity index (χ4n) is 3.30. The minimum absolute atomic E-state index is 0.138. The molecule has 1 aliphatic heterocycles. The topological polar surface area (TPSA) is 85.6 Å². The third-order valence-electron chi connectivity index (χ3n) is 4.68.